The van der Waals surface area contributed by atoms with Crippen LogP contribution in [0.5, 0.6) is 11.5 Å². The van der Waals surface area contributed by atoms with Crippen LogP contribution in [0.4, 0.5) is 5.69 Å². The number of sulfonamides is 1. The van der Waals surface area contributed by atoms with E-state index in [2.05, 4.69) is 5.32 Å². The summed E-state index contributed by atoms with van der Waals surface area (Å²) in [5.74, 6) is 0.427. The lowest BCUT2D eigenvalue weighted by atomic mass is 9.95. The molecule has 11 heteroatoms. The minimum Gasteiger partial charge on any atom is -0.497 e. The Morgan fingerprint density at radius 2 is 1.55 bits per heavy atom. The maximum Gasteiger partial charge on any atom is 0.264 e. The average molecular weight is 642 g/mol. The summed E-state index contributed by atoms with van der Waals surface area (Å²) in [7, 11) is -2.64. The van der Waals surface area contributed by atoms with E-state index in [4.69, 9.17) is 21.1 Å². The molecular weight excluding hydrogens is 602 g/mol. The second kappa shape index (κ2) is 15.3. The topological polar surface area (TPSA) is 105 Å². The number of benzene rings is 3. The molecule has 0 saturated heterocycles. The second-order valence-electron chi connectivity index (χ2n) is 10.8. The van der Waals surface area contributed by atoms with E-state index in [1.54, 1.807) is 50.4 Å². The second-order valence-corrected chi connectivity index (χ2v) is 13.1. The molecule has 3 aromatic carbocycles. The van der Waals surface area contributed by atoms with E-state index in [0.29, 0.717) is 23.1 Å². The molecule has 1 N–H and O–H groups in total. The van der Waals surface area contributed by atoms with Crippen molar-refractivity contribution in [2.24, 2.45) is 0 Å². The van der Waals surface area contributed by atoms with Gasteiger partial charge in [0.15, 0.2) is 0 Å². The Bertz CT molecular complexity index is 1490. The van der Waals surface area contributed by atoms with Crippen LogP contribution in [0.3, 0.4) is 0 Å². The molecule has 1 saturated carbocycles. The molecule has 1 aliphatic carbocycles. The molecule has 9 nitrogen and oxygen atoms in total. The van der Waals surface area contributed by atoms with Gasteiger partial charge in [-0.1, -0.05) is 43.0 Å². The van der Waals surface area contributed by atoms with Crippen LogP contribution in [0.1, 0.15) is 51.5 Å². The molecule has 236 valence electrons. The Morgan fingerprint density at radius 1 is 0.932 bits per heavy atom. The minimum atomic E-state index is -4.21. The molecule has 0 radical (unpaired) electrons. The van der Waals surface area contributed by atoms with Gasteiger partial charge in [0.2, 0.25) is 11.8 Å². The number of carbonyl (C=O) groups is 2. The third-order valence-electron chi connectivity index (χ3n) is 7.75. The number of anilines is 1. The summed E-state index contributed by atoms with van der Waals surface area (Å²) in [5.41, 5.74) is 1.05. The summed E-state index contributed by atoms with van der Waals surface area (Å²) in [6.07, 6.45) is 5.04. The van der Waals surface area contributed by atoms with Crippen LogP contribution in [0.25, 0.3) is 0 Å². The maximum atomic E-state index is 14.2. The third-order valence-corrected chi connectivity index (χ3v) is 9.79. The number of carbonyl (C=O) groups excluding carboxylic acids is 2. The fourth-order valence-electron chi connectivity index (χ4n) is 5.22. The summed E-state index contributed by atoms with van der Waals surface area (Å²) in [4.78, 5) is 29.0. The number of hydrogen-bond donors (Lipinski definition) is 1. The van der Waals surface area contributed by atoms with Gasteiger partial charge in [-0.05, 0) is 92.9 Å². The smallest absolute Gasteiger partial charge is 0.264 e. The van der Waals surface area contributed by atoms with Crippen molar-refractivity contribution in [3.05, 3.63) is 83.4 Å². The molecule has 44 heavy (non-hydrogen) atoms. The highest BCUT2D eigenvalue weighted by atomic mass is 35.5. The van der Waals surface area contributed by atoms with E-state index < -0.39 is 28.5 Å². The highest BCUT2D eigenvalue weighted by Crippen LogP contribution is 2.28. The molecule has 1 aliphatic rings. The standard InChI is InChI=1S/C33H40ClN3O6S/c1-4-43-30-18-14-28(15-19-30)37(44(40,41)31-20-12-26(34)13-21-31)23-32(38)36(22-25-10-16-29(42-3)17-11-25)24(2)33(39)35-27-8-6-5-7-9-27/h10-21,24,27H,4-9,22-23H2,1-3H3,(H,35,39)/t24-/m0/s1. The van der Waals surface area contributed by atoms with Gasteiger partial charge in [0.25, 0.3) is 10.0 Å². The van der Waals surface area contributed by atoms with Crippen LogP contribution < -0.4 is 19.1 Å². The summed E-state index contributed by atoms with van der Waals surface area (Å²) >= 11 is 6.03. The number of hydrogen-bond acceptors (Lipinski definition) is 6. The van der Waals surface area contributed by atoms with Crippen molar-refractivity contribution in [3.63, 3.8) is 0 Å². The Hall–Kier alpha value is -3.76. The molecule has 0 unspecified atom stereocenters. The molecule has 0 heterocycles. The first-order valence-corrected chi connectivity index (χ1v) is 16.7. The Morgan fingerprint density at radius 3 is 2.14 bits per heavy atom. The first-order valence-electron chi connectivity index (χ1n) is 14.9. The van der Waals surface area contributed by atoms with E-state index in [1.807, 2.05) is 19.1 Å². The molecule has 2 amide bonds. The largest absolute Gasteiger partial charge is 0.497 e. The van der Waals surface area contributed by atoms with Crippen molar-refractivity contribution >= 4 is 39.1 Å². The molecule has 4 rings (SSSR count). The van der Waals surface area contributed by atoms with Crippen molar-refractivity contribution in [1.82, 2.24) is 10.2 Å². The first kappa shape index (κ1) is 33.1. The SMILES string of the molecule is CCOc1ccc(N(CC(=O)N(Cc2ccc(OC)cc2)[C@@H](C)C(=O)NC2CCCCC2)S(=O)(=O)c2ccc(Cl)cc2)cc1. The van der Waals surface area contributed by atoms with E-state index in [9.17, 15) is 18.0 Å². The van der Waals surface area contributed by atoms with Gasteiger partial charge in [0.1, 0.15) is 24.1 Å². The number of nitrogens with zero attached hydrogens (tertiary/aromatic N) is 2. The van der Waals surface area contributed by atoms with E-state index in [1.165, 1.54) is 29.2 Å². The van der Waals surface area contributed by atoms with Gasteiger partial charge < -0.3 is 19.7 Å². The average Bonchev–Trinajstić information content (AvgIpc) is 3.03. The Kier molecular flexibility index (Phi) is 11.5. The normalized spacial score (nSPS) is 14.4. The Labute approximate surface area is 265 Å². The number of amides is 2. The summed E-state index contributed by atoms with van der Waals surface area (Å²) in [6.45, 7) is 3.55. The number of halogens is 1. The zero-order valence-electron chi connectivity index (χ0n) is 25.4. The number of ether oxygens (including phenoxy) is 2. The van der Waals surface area contributed by atoms with Crippen molar-refractivity contribution in [2.45, 2.75) is 69.5 Å². The third kappa shape index (κ3) is 8.45. The van der Waals surface area contributed by atoms with Crippen molar-refractivity contribution in [3.8, 4) is 11.5 Å². The fraction of sp³-hybridized carbons (Fsp3) is 0.394. The Balaban J connectivity index is 1.67. The quantitative estimate of drug-likeness (QED) is 0.253. The lowest BCUT2D eigenvalue weighted by Gasteiger charge is -2.33. The van der Waals surface area contributed by atoms with Gasteiger partial charge in [-0.15, -0.1) is 0 Å². The van der Waals surface area contributed by atoms with Crippen LogP contribution in [-0.4, -0.2) is 57.5 Å². The van der Waals surface area contributed by atoms with Gasteiger partial charge >= 0.3 is 0 Å². The molecular formula is C33H40ClN3O6S. The summed E-state index contributed by atoms with van der Waals surface area (Å²) in [6, 6.07) is 18.7. The van der Waals surface area contributed by atoms with Crippen LogP contribution in [0.2, 0.25) is 5.02 Å². The minimum absolute atomic E-state index is 0.0200. The zero-order chi connectivity index (χ0) is 31.7. The van der Waals surface area contributed by atoms with E-state index in [-0.39, 0.29) is 29.1 Å². The highest BCUT2D eigenvalue weighted by Gasteiger charge is 2.33. The fourth-order valence-corrected chi connectivity index (χ4v) is 6.76. The maximum absolute atomic E-state index is 14.2. The molecule has 3 aromatic rings. The summed E-state index contributed by atoms with van der Waals surface area (Å²) < 4.78 is 39.9. The number of rotatable bonds is 13. The molecule has 1 atom stereocenters. The van der Waals surface area contributed by atoms with Crippen LogP contribution in [-0.2, 0) is 26.2 Å². The first-order chi connectivity index (χ1) is 21.1. The predicted molar refractivity (Wildman–Crippen MR) is 172 cm³/mol. The predicted octanol–water partition coefficient (Wildman–Crippen LogP) is 5.81. The lowest BCUT2D eigenvalue weighted by Crippen LogP contribution is -2.53. The van der Waals surface area contributed by atoms with Gasteiger partial charge in [-0.3, -0.25) is 13.9 Å². The van der Waals surface area contributed by atoms with Crippen molar-refractivity contribution in [1.29, 1.82) is 0 Å². The highest BCUT2D eigenvalue weighted by molar-refractivity contribution is 7.92. The van der Waals surface area contributed by atoms with Gasteiger partial charge in [-0.25, -0.2) is 8.42 Å². The van der Waals surface area contributed by atoms with Crippen molar-refractivity contribution in [2.75, 3.05) is 24.6 Å². The zero-order valence-corrected chi connectivity index (χ0v) is 26.9. The van der Waals surface area contributed by atoms with E-state index >= 15 is 0 Å². The van der Waals surface area contributed by atoms with Gasteiger partial charge in [-0.2, -0.15) is 0 Å². The van der Waals surface area contributed by atoms with Crippen LogP contribution in [0, 0.1) is 0 Å². The van der Waals surface area contributed by atoms with Crippen LogP contribution >= 0.6 is 11.6 Å². The van der Waals surface area contributed by atoms with Gasteiger partial charge in [0.05, 0.1) is 24.3 Å². The molecule has 0 aromatic heterocycles. The molecule has 0 bridgehead atoms. The van der Waals surface area contributed by atoms with Crippen molar-refractivity contribution < 1.29 is 27.5 Å². The van der Waals surface area contributed by atoms with Crippen LogP contribution in [0.15, 0.2) is 77.7 Å². The monoisotopic (exact) mass is 641 g/mol. The number of methoxy groups -OCH3 is 1. The molecule has 0 spiro atoms. The lowest BCUT2D eigenvalue weighted by molar-refractivity contribution is -0.139. The molecule has 0 aliphatic heterocycles. The summed E-state index contributed by atoms with van der Waals surface area (Å²) in [5, 5.41) is 3.50. The molecule has 1 fully saturated rings. The van der Waals surface area contributed by atoms with E-state index in [0.717, 1.165) is 42.0 Å². The number of nitrogens with one attached hydrogen (secondary N) is 1. The van der Waals surface area contributed by atoms with Gasteiger partial charge in [0, 0.05) is 17.6 Å².